The molecule has 1 aliphatic carbocycles. The lowest BCUT2D eigenvalue weighted by Crippen LogP contribution is -2.12. The summed E-state index contributed by atoms with van der Waals surface area (Å²) in [6, 6.07) is 0. The van der Waals surface area contributed by atoms with Gasteiger partial charge in [0.25, 0.3) is 0 Å². The summed E-state index contributed by atoms with van der Waals surface area (Å²) in [6.45, 7) is 4.65. The number of rotatable bonds is 15. The average molecular weight is 390 g/mol. The average Bonchev–Trinajstić information content (AvgIpc) is 2.76. The molecule has 0 bridgehead atoms. The number of hydrogen-bond donors (Lipinski definition) is 0. The summed E-state index contributed by atoms with van der Waals surface area (Å²) in [4.78, 5) is 0. The van der Waals surface area contributed by atoms with E-state index in [-0.39, 0.29) is 0 Å². The summed E-state index contributed by atoms with van der Waals surface area (Å²) in [7, 11) is 2.88. The first kappa shape index (κ1) is 26.1. The minimum Gasteiger partial charge on any atom is -0.0686 e. The van der Waals surface area contributed by atoms with E-state index in [1.54, 1.807) is 0 Å². The molecule has 0 aliphatic heterocycles. The molecule has 1 unspecified atom stereocenters. The van der Waals surface area contributed by atoms with Crippen molar-refractivity contribution < 1.29 is 0 Å². The van der Waals surface area contributed by atoms with Gasteiger partial charge in [0.05, 0.1) is 0 Å². The van der Waals surface area contributed by atoms with Gasteiger partial charge in [0, 0.05) is 0 Å². The first-order chi connectivity index (χ1) is 13.9. The molecule has 0 spiro atoms. The zero-order valence-electron chi connectivity index (χ0n) is 20.0. The van der Waals surface area contributed by atoms with E-state index < -0.39 is 0 Å². The zero-order valence-corrected chi connectivity index (χ0v) is 20.0. The lowest BCUT2D eigenvalue weighted by molar-refractivity contribution is 0.522. The maximum atomic E-state index is 2.88. The summed E-state index contributed by atoms with van der Waals surface area (Å²) in [5.41, 5.74) is 0. The van der Waals surface area contributed by atoms with Gasteiger partial charge in [-0.25, -0.2) is 0 Å². The minimum absolute atomic E-state index is 0.919. The fourth-order valence-corrected chi connectivity index (χ4v) is 5.13. The molecule has 0 aromatic rings. The quantitative estimate of drug-likeness (QED) is 0.193. The molecular weight excluding hydrogens is 335 g/mol. The third-order valence-electron chi connectivity index (χ3n) is 7.05. The minimum atomic E-state index is 0.919. The highest BCUT2D eigenvalue weighted by molar-refractivity contribution is 6.39. The van der Waals surface area contributed by atoms with Gasteiger partial charge in [0.1, 0.15) is 7.28 Å². The van der Waals surface area contributed by atoms with Gasteiger partial charge in [-0.2, -0.15) is 0 Å². The molecule has 1 heteroatoms. The molecular formula is C27H54B. The van der Waals surface area contributed by atoms with Crippen molar-refractivity contribution in [2.45, 2.75) is 173 Å². The molecule has 1 atom stereocenters. The molecule has 28 heavy (non-hydrogen) atoms. The molecule has 0 heterocycles. The Hall–Kier alpha value is 0.0649. The van der Waals surface area contributed by atoms with E-state index >= 15 is 0 Å². The van der Waals surface area contributed by atoms with Gasteiger partial charge < -0.3 is 0 Å². The van der Waals surface area contributed by atoms with E-state index in [2.05, 4.69) is 21.1 Å². The van der Waals surface area contributed by atoms with E-state index in [0.29, 0.717) is 0 Å². The van der Waals surface area contributed by atoms with E-state index in [4.69, 9.17) is 0 Å². The van der Waals surface area contributed by atoms with Crippen LogP contribution in [0.5, 0.6) is 0 Å². The van der Waals surface area contributed by atoms with Crippen LogP contribution in [0.25, 0.3) is 0 Å². The van der Waals surface area contributed by atoms with Crippen molar-refractivity contribution in [3.63, 3.8) is 0 Å². The van der Waals surface area contributed by atoms with Gasteiger partial charge in [-0.1, -0.05) is 173 Å². The Morgan fingerprint density at radius 1 is 0.536 bits per heavy atom. The first-order valence-corrected chi connectivity index (χ1v) is 13.7. The normalized spacial score (nSPS) is 18.5. The molecule has 0 aromatic heterocycles. The SMILES string of the molecule is CCCCCCCCC([B]C1CCCCCCCCCC1)CCCCCCC. The number of hydrogen-bond acceptors (Lipinski definition) is 0. The van der Waals surface area contributed by atoms with Crippen LogP contribution in [0.4, 0.5) is 0 Å². The monoisotopic (exact) mass is 389 g/mol. The topological polar surface area (TPSA) is 0 Å². The van der Waals surface area contributed by atoms with Crippen LogP contribution in [0.1, 0.15) is 162 Å². The predicted octanol–water partition coefficient (Wildman–Crippen LogP) is 10.3. The summed E-state index contributed by atoms with van der Waals surface area (Å²) < 4.78 is 0. The molecule has 0 amide bonds. The van der Waals surface area contributed by atoms with Crippen molar-refractivity contribution in [2.24, 2.45) is 0 Å². The molecule has 0 nitrogen and oxygen atoms in total. The van der Waals surface area contributed by atoms with Crippen LogP contribution in [-0.2, 0) is 0 Å². The van der Waals surface area contributed by atoms with Crippen LogP contribution in [0, 0.1) is 0 Å². The maximum absolute atomic E-state index is 2.88. The fourth-order valence-electron chi connectivity index (χ4n) is 5.13. The van der Waals surface area contributed by atoms with Crippen LogP contribution >= 0.6 is 0 Å². The highest BCUT2D eigenvalue weighted by atomic mass is 14.1. The van der Waals surface area contributed by atoms with Crippen LogP contribution < -0.4 is 0 Å². The predicted molar refractivity (Wildman–Crippen MR) is 131 cm³/mol. The van der Waals surface area contributed by atoms with Gasteiger partial charge in [-0.05, 0) is 0 Å². The second kappa shape index (κ2) is 20.3. The lowest BCUT2D eigenvalue weighted by atomic mass is 9.50. The molecule has 165 valence electrons. The van der Waals surface area contributed by atoms with Crippen molar-refractivity contribution in [1.29, 1.82) is 0 Å². The van der Waals surface area contributed by atoms with Crippen molar-refractivity contribution in [2.75, 3.05) is 0 Å². The first-order valence-electron chi connectivity index (χ1n) is 13.7. The standard InChI is InChI=1S/C27H54B/c1-3-5-7-9-15-19-23-26(22-18-14-8-6-4-2)28-27-24-20-16-12-10-11-13-17-21-25-27/h26-27H,3-25H2,1-2H3. The van der Waals surface area contributed by atoms with Crippen LogP contribution in [0.2, 0.25) is 11.6 Å². The Labute approximate surface area is 180 Å². The van der Waals surface area contributed by atoms with Gasteiger partial charge >= 0.3 is 0 Å². The highest BCUT2D eigenvalue weighted by Crippen LogP contribution is 2.32. The largest absolute Gasteiger partial charge is 0.117 e. The van der Waals surface area contributed by atoms with E-state index in [1.807, 2.05) is 0 Å². The smallest absolute Gasteiger partial charge is 0.0686 e. The van der Waals surface area contributed by atoms with Gasteiger partial charge in [-0.15, -0.1) is 0 Å². The molecule has 0 saturated heterocycles. The Morgan fingerprint density at radius 3 is 1.39 bits per heavy atom. The third kappa shape index (κ3) is 15.9. The third-order valence-corrected chi connectivity index (χ3v) is 7.05. The summed E-state index contributed by atoms with van der Waals surface area (Å²) in [5, 5.41) is 0. The van der Waals surface area contributed by atoms with Gasteiger partial charge in [-0.3, -0.25) is 0 Å². The molecule has 1 aliphatic rings. The molecule has 1 saturated carbocycles. The Kier molecular flexibility index (Phi) is 19.0. The van der Waals surface area contributed by atoms with Crippen molar-refractivity contribution >= 4 is 7.28 Å². The van der Waals surface area contributed by atoms with Crippen molar-refractivity contribution in [1.82, 2.24) is 0 Å². The second-order valence-electron chi connectivity index (χ2n) is 9.88. The number of unbranched alkanes of at least 4 members (excludes halogenated alkanes) is 9. The Bertz CT molecular complexity index is 289. The van der Waals surface area contributed by atoms with Crippen LogP contribution in [-0.4, -0.2) is 7.28 Å². The second-order valence-corrected chi connectivity index (χ2v) is 9.88. The molecule has 1 radical (unpaired) electrons. The summed E-state index contributed by atoms with van der Waals surface area (Å²) in [6.07, 6.45) is 33.8. The molecule has 1 rings (SSSR count). The molecule has 0 N–H and O–H groups in total. The lowest BCUT2D eigenvalue weighted by Gasteiger charge is -2.23. The molecule has 1 fully saturated rings. The zero-order chi connectivity index (χ0) is 20.1. The van der Waals surface area contributed by atoms with Crippen molar-refractivity contribution in [3.8, 4) is 0 Å². The van der Waals surface area contributed by atoms with E-state index in [1.165, 1.54) is 148 Å². The van der Waals surface area contributed by atoms with Crippen LogP contribution in [0.15, 0.2) is 0 Å². The van der Waals surface area contributed by atoms with Gasteiger partial charge in [0.2, 0.25) is 0 Å². The Balaban J connectivity index is 2.37. The highest BCUT2D eigenvalue weighted by Gasteiger charge is 2.18. The van der Waals surface area contributed by atoms with Crippen LogP contribution in [0.3, 0.4) is 0 Å². The molecule has 0 aromatic carbocycles. The van der Waals surface area contributed by atoms with Gasteiger partial charge in [0.15, 0.2) is 0 Å². The maximum Gasteiger partial charge on any atom is 0.117 e. The van der Waals surface area contributed by atoms with Crippen molar-refractivity contribution in [3.05, 3.63) is 0 Å². The van der Waals surface area contributed by atoms with E-state index in [0.717, 1.165) is 11.6 Å². The summed E-state index contributed by atoms with van der Waals surface area (Å²) in [5.74, 6) is 1.85. The fraction of sp³-hybridized carbons (Fsp3) is 1.00. The Morgan fingerprint density at radius 2 is 0.929 bits per heavy atom. The summed E-state index contributed by atoms with van der Waals surface area (Å²) >= 11 is 0. The van der Waals surface area contributed by atoms with E-state index in [9.17, 15) is 0 Å².